The molecule has 1 aliphatic rings. The van der Waals surface area contributed by atoms with Crippen molar-refractivity contribution in [3.63, 3.8) is 0 Å². The van der Waals surface area contributed by atoms with Gasteiger partial charge in [-0.1, -0.05) is 45.0 Å². The van der Waals surface area contributed by atoms with Crippen molar-refractivity contribution in [2.75, 3.05) is 17.9 Å². The number of nitrogens with one attached hydrogen (secondary N) is 1. The molecule has 1 unspecified atom stereocenters. The number of sulfonamides is 1. The van der Waals surface area contributed by atoms with Crippen LogP contribution in [0.2, 0.25) is 0 Å². The quantitative estimate of drug-likeness (QED) is 0.799. The molecule has 0 amide bonds. The lowest BCUT2D eigenvalue weighted by molar-refractivity contribution is 0.264. The fourth-order valence-electron chi connectivity index (χ4n) is 2.36. The number of ether oxygens (including phenoxy) is 2. The van der Waals surface area contributed by atoms with Gasteiger partial charge in [-0.25, -0.2) is 8.42 Å². The molecule has 1 fully saturated rings. The number of epoxide rings is 1. The Kier molecular flexibility index (Phi) is 4.75. The molecular weight excluding hydrogens is 338 g/mol. The predicted octanol–water partition coefficient (Wildman–Crippen LogP) is 3.56. The maximum Gasteiger partial charge on any atom is 0.262 e. The van der Waals surface area contributed by atoms with E-state index in [1.54, 1.807) is 42.5 Å². The molecule has 1 aliphatic heterocycles. The van der Waals surface area contributed by atoms with Gasteiger partial charge in [0.25, 0.3) is 10.0 Å². The minimum absolute atomic E-state index is 0.105. The summed E-state index contributed by atoms with van der Waals surface area (Å²) < 4.78 is 39.0. The minimum atomic E-state index is -3.70. The van der Waals surface area contributed by atoms with E-state index in [1.807, 2.05) is 6.07 Å². The molecule has 0 spiro atoms. The Balaban J connectivity index is 1.84. The molecule has 0 radical (unpaired) electrons. The van der Waals surface area contributed by atoms with Crippen LogP contribution in [0.4, 0.5) is 5.69 Å². The number of anilines is 1. The van der Waals surface area contributed by atoms with Crippen molar-refractivity contribution in [1.82, 2.24) is 0 Å². The zero-order valence-corrected chi connectivity index (χ0v) is 15.5. The predicted molar refractivity (Wildman–Crippen MR) is 97.6 cm³/mol. The monoisotopic (exact) mass is 361 g/mol. The minimum Gasteiger partial charge on any atom is -0.489 e. The van der Waals surface area contributed by atoms with Crippen LogP contribution in [0.1, 0.15) is 26.3 Å². The molecule has 6 heteroatoms. The topological polar surface area (TPSA) is 67.9 Å². The highest BCUT2D eigenvalue weighted by Gasteiger charge is 2.24. The van der Waals surface area contributed by atoms with Crippen molar-refractivity contribution in [2.24, 2.45) is 0 Å². The largest absolute Gasteiger partial charge is 0.489 e. The van der Waals surface area contributed by atoms with Gasteiger partial charge < -0.3 is 9.47 Å². The van der Waals surface area contributed by atoms with E-state index in [4.69, 9.17) is 9.47 Å². The molecule has 0 aromatic heterocycles. The van der Waals surface area contributed by atoms with Crippen LogP contribution in [0.25, 0.3) is 0 Å². The SMILES string of the molecule is CC(C)(C)c1cccc(S(=O)(=O)Nc2ccccc2OCC2CO2)c1. The molecule has 134 valence electrons. The smallest absolute Gasteiger partial charge is 0.262 e. The van der Waals surface area contributed by atoms with Gasteiger partial charge in [0.2, 0.25) is 0 Å². The molecule has 1 saturated heterocycles. The van der Waals surface area contributed by atoms with Crippen LogP contribution in [0, 0.1) is 0 Å². The van der Waals surface area contributed by atoms with Crippen LogP contribution >= 0.6 is 0 Å². The van der Waals surface area contributed by atoms with Gasteiger partial charge in [0, 0.05) is 0 Å². The van der Waals surface area contributed by atoms with Crippen LogP contribution in [0.5, 0.6) is 5.75 Å². The highest BCUT2D eigenvalue weighted by atomic mass is 32.2. The first kappa shape index (κ1) is 17.8. The Morgan fingerprint density at radius 2 is 1.88 bits per heavy atom. The third-order valence-electron chi connectivity index (χ3n) is 3.97. The third kappa shape index (κ3) is 4.52. The van der Waals surface area contributed by atoms with Gasteiger partial charge >= 0.3 is 0 Å². The normalized spacial score (nSPS) is 17.2. The van der Waals surface area contributed by atoms with Crippen molar-refractivity contribution < 1.29 is 17.9 Å². The fraction of sp³-hybridized carbons (Fsp3) is 0.368. The zero-order valence-electron chi connectivity index (χ0n) is 14.7. The Morgan fingerprint density at radius 3 is 2.56 bits per heavy atom. The summed E-state index contributed by atoms with van der Waals surface area (Å²) in [6, 6.07) is 14.0. The first-order valence-electron chi connectivity index (χ1n) is 8.22. The van der Waals surface area contributed by atoms with Gasteiger partial charge in [0.15, 0.2) is 0 Å². The summed E-state index contributed by atoms with van der Waals surface area (Å²) in [6.07, 6.45) is 0.105. The highest BCUT2D eigenvalue weighted by molar-refractivity contribution is 7.92. The maximum atomic E-state index is 12.8. The van der Waals surface area contributed by atoms with Gasteiger partial charge in [-0.15, -0.1) is 0 Å². The molecule has 2 aromatic rings. The number of rotatable bonds is 6. The van der Waals surface area contributed by atoms with Crippen molar-refractivity contribution in [3.8, 4) is 5.75 Å². The number of hydrogen-bond donors (Lipinski definition) is 1. The van der Waals surface area contributed by atoms with E-state index in [2.05, 4.69) is 25.5 Å². The second-order valence-electron chi connectivity index (χ2n) is 7.15. The molecule has 1 heterocycles. The average Bonchev–Trinajstić information content (AvgIpc) is 3.37. The van der Waals surface area contributed by atoms with Crippen molar-refractivity contribution >= 4 is 15.7 Å². The second-order valence-corrected chi connectivity index (χ2v) is 8.83. The number of benzene rings is 2. The summed E-state index contributed by atoms with van der Waals surface area (Å²) in [5.74, 6) is 0.494. The van der Waals surface area contributed by atoms with E-state index < -0.39 is 10.0 Å². The summed E-state index contributed by atoms with van der Waals surface area (Å²) in [5, 5.41) is 0. The Bertz CT molecular complexity index is 852. The molecule has 3 rings (SSSR count). The summed E-state index contributed by atoms with van der Waals surface area (Å²) in [4.78, 5) is 0.236. The molecule has 0 saturated carbocycles. The molecule has 25 heavy (non-hydrogen) atoms. The molecule has 2 aromatic carbocycles. The first-order chi connectivity index (χ1) is 11.8. The van der Waals surface area contributed by atoms with Crippen LogP contribution < -0.4 is 9.46 Å². The van der Waals surface area contributed by atoms with Crippen molar-refractivity contribution in [2.45, 2.75) is 37.2 Å². The van der Waals surface area contributed by atoms with E-state index in [9.17, 15) is 8.42 Å². The average molecular weight is 361 g/mol. The molecule has 1 atom stereocenters. The van der Waals surface area contributed by atoms with Gasteiger partial charge in [-0.3, -0.25) is 4.72 Å². The standard InChI is InChI=1S/C19H23NO4S/c1-19(2,3)14-7-6-8-16(11-14)25(21,22)20-17-9-4-5-10-18(17)24-13-15-12-23-15/h4-11,15,20H,12-13H2,1-3H3. The van der Waals surface area contributed by atoms with Crippen molar-refractivity contribution in [1.29, 1.82) is 0 Å². The lowest BCUT2D eigenvalue weighted by Gasteiger charge is -2.20. The lowest BCUT2D eigenvalue weighted by Crippen LogP contribution is -2.17. The molecule has 0 bridgehead atoms. The number of para-hydroxylation sites is 2. The van der Waals surface area contributed by atoms with Crippen molar-refractivity contribution in [3.05, 3.63) is 54.1 Å². The Hall–Kier alpha value is -2.05. The van der Waals surface area contributed by atoms with E-state index >= 15 is 0 Å². The van der Waals surface area contributed by atoms with Crippen LogP contribution in [-0.2, 0) is 20.2 Å². The zero-order chi connectivity index (χ0) is 18.1. The molecule has 5 nitrogen and oxygen atoms in total. The van der Waals surface area contributed by atoms with E-state index in [0.717, 1.165) is 5.56 Å². The molecule has 0 aliphatic carbocycles. The second kappa shape index (κ2) is 6.69. The van der Waals surface area contributed by atoms with Gasteiger partial charge in [0.05, 0.1) is 17.2 Å². The Labute approximate surface area is 149 Å². The van der Waals surface area contributed by atoms with Gasteiger partial charge in [-0.05, 0) is 35.2 Å². The van der Waals surface area contributed by atoms with E-state index in [0.29, 0.717) is 24.7 Å². The summed E-state index contributed by atoms with van der Waals surface area (Å²) >= 11 is 0. The maximum absolute atomic E-state index is 12.8. The molecular formula is C19H23NO4S. The fourth-order valence-corrected chi connectivity index (χ4v) is 3.47. The summed E-state index contributed by atoms with van der Waals surface area (Å²) in [5.41, 5.74) is 1.26. The third-order valence-corrected chi connectivity index (χ3v) is 5.33. The summed E-state index contributed by atoms with van der Waals surface area (Å²) in [7, 11) is -3.70. The molecule has 1 N–H and O–H groups in total. The van der Waals surface area contributed by atoms with Crippen LogP contribution in [-0.4, -0.2) is 27.7 Å². The van der Waals surface area contributed by atoms with E-state index in [1.165, 1.54) is 0 Å². The summed E-state index contributed by atoms with van der Waals surface area (Å²) in [6.45, 7) is 7.26. The number of hydrogen-bond acceptors (Lipinski definition) is 4. The van der Waals surface area contributed by atoms with Crippen LogP contribution in [0.15, 0.2) is 53.4 Å². The highest BCUT2D eigenvalue weighted by Crippen LogP contribution is 2.29. The van der Waals surface area contributed by atoms with E-state index in [-0.39, 0.29) is 16.4 Å². The van der Waals surface area contributed by atoms with Gasteiger partial charge in [0.1, 0.15) is 18.5 Å². The van der Waals surface area contributed by atoms with Crippen LogP contribution in [0.3, 0.4) is 0 Å². The lowest BCUT2D eigenvalue weighted by atomic mass is 9.87. The Morgan fingerprint density at radius 1 is 1.16 bits per heavy atom. The first-order valence-corrected chi connectivity index (χ1v) is 9.71. The van der Waals surface area contributed by atoms with Gasteiger partial charge in [-0.2, -0.15) is 0 Å².